The van der Waals surface area contributed by atoms with Gasteiger partial charge < -0.3 is 5.32 Å². The van der Waals surface area contributed by atoms with Gasteiger partial charge in [0, 0.05) is 24.4 Å². The zero-order valence-electron chi connectivity index (χ0n) is 8.92. The average molecular weight is 244 g/mol. The van der Waals surface area contributed by atoms with Gasteiger partial charge in [-0.2, -0.15) is 13.2 Å². The summed E-state index contributed by atoms with van der Waals surface area (Å²) in [5, 5.41) is 2.97. The van der Waals surface area contributed by atoms with Gasteiger partial charge in [0.2, 0.25) is 0 Å². The van der Waals surface area contributed by atoms with E-state index in [1.807, 2.05) is 0 Å². The fraction of sp³-hybridized carbons (Fsp3) is 0.455. The van der Waals surface area contributed by atoms with Crippen molar-refractivity contribution < 1.29 is 18.0 Å². The highest BCUT2D eigenvalue weighted by Crippen LogP contribution is 2.32. The Labute approximate surface area is 96.0 Å². The zero-order chi connectivity index (χ0) is 12.5. The van der Waals surface area contributed by atoms with E-state index >= 15 is 0 Å². The maximum absolute atomic E-state index is 12.6. The highest BCUT2D eigenvalue weighted by atomic mass is 19.4. The predicted octanol–water partition coefficient (Wildman–Crippen LogP) is 1.89. The first kappa shape index (κ1) is 12.0. The Hall–Kier alpha value is -1.43. The Morgan fingerprint density at radius 2 is 2.18 bits per heavy atom. The van der Waals surface area contributed by atoms with Gasteiger partial charge in [-0.1, -0.05) is 0 Å². The molecule has 17 heavy (non-hydrogen) atoms. The second-order valence-corrected chi connectivity index (χ2v) is 4.07. The highest BCUT2D eigenvalue weighted by molar-refractivity contribution is 5.97. The van der Waals surface area contributed by atoms with Gasteiger partial charge in [0.1, 0.15) is 0 Å². The summed E-state index contributed by atoms with van der Waals surface area (Å²) in [5.41, 5.74) is -1.23. The topological polar surface area (TPSA) is 42.0 Å². The van der Waals surface area contributed by atoms with Gasteiger partial charge in [0.25, 0.3) is 0 Å². The molecule has 3 nitrogen and oxygen atoms in total. The minimum Gasteiger partial charge on any atom is -0.316 e. The molecule has 2 heterocycles. The number of ketones is 1. The number of hydrogen-bond donors (Lipinski definition) is 1. The van der Waals surface area contributed by atoms with Crippen molar-refractivity contribution in [1.29, 1.82) is 0 Å². The van der Waals surface area contributed by atoms with Crippen LogP contribution in [0.1, 0.15) is 22.3 Å². The molecule has 0 saturated carbocycles. The van der Waals surface area contributed by atoms with Crippen LogP contribution in [0.5, 0.6) is 0 Å². The maximum Gasteiger partial charge on any atom is 0.417 e. The van der Waals surface area contributed by atoms with Crippen molar-refractivity contribution in [3.05, 3.63) is 29.6 Å². The molecule has 0 atom stereocenters. The number of halogens is 3. The van der Waals surface area contributed by atoms with Gasteiger partial charge in [-0.15, -0.1) is 0 Å². The van der Waals surface area contributed by atoms with Crippen LogP contribution in [0.25, 0.3) is 0 Å². The number of carbonyl (C=O) groups excluding carboxylic acids is 1. The van der Waals surface area contributed by atoms with Crippen LogP contribution in [0.4, 0.5) is 13.2 Å². The van der Waals surface area contributed by atoms with Crippen molar-refractivity contribution in [3.63, 3.8) is 0 Å². The van der Waals surface area contributed by atoms with Crippen LogP contribution in [-0.4, -0.2) is 23.9 Å². The van der Waals surface area contributed by atoms with Crippen molar-refractivity contribution in [1.82, 2.24) is 10.3 Å². The standard InChI is InChI=1S/C11H11F3N2O/c12-11(13,14)9-1-2-15-6-8(9)10(17)3-7-4-16-5-7/h1-2,6-7,16H,3-5H2. The van der Waals surface area contributed by atoms with Crippen LogP contribution in [0.3, 0.4) is 0 Å². The molecule has 0 spiro atoms. The number of Topliss-reactive ketones (excluding diaryl/α,β-unsaturated/α-hetero) is 1. The molecule has 0 radical (unpaired) electrons. The number of alkyl halides is 3. The summed E-state index contributed by atoms with van der Waals surface area (Å²) in [6, 6.07) is 0.840. The van der Waals surface area contributed by atoms with Gasteiger partial charge in [-0.05, 0) is 25.1 Å². The Kier molecular flexibility index (Phi) is 3.15. The van der Waals surface area contributed by atoms with E-state index in [0.29, 0.717) is 13.1 Å². The van der Waals surface area contributed by atoms with Crippen LogP contribution in [-0.2, 0) is 6.18 Å². The molecule has 0 aliphatic carbocycles. The van der Waals surface area contributed by atoms with Crippen molar-refractivity contribution in [2.45, 2.75) is 12.6 Å². The van der Waals surface area contributed by atoms with Crippen molar-refractivity contribution >= 4 is 5.78 Å². The summed E-state index contributed by atoms with van der Waals surface area (Å²) in [7, 11) is 0. The van der Waals surface area contributed by atoms with Crippen LogP contribution in [0.2, 0.25) is 0 Å². The van der Waals surface area contributed by atoms with Gasteiger partial charge in [-0.3, -0.25) is 9.78 Å². The molecule has 1 N–H and O–H groups in total. The van der Waals surface area contributed by atoms with Crippen molar-refractivity contribution in [2.75, 3.05) is 13.1 Å². The van der Waals surface area contributed by atoms with E-state index in [1.165, 1.54) is 0 Å². The average Bonchev–Trinajstić information content (AvgIpc) is 2.22. The number of carbonyl (C=O) groups is 1. The van der Waals surface area contributed by atoms with E-state index in [-0.39, 0.29) is 17.9 Å². The molecule has 0 amide bonds. The lowest BCUT2D eigenvalue weighted by Crippen LogP contribution is -2.43. The van der Waals surface area contributed by atoms with Gasteiger partial charge in [-0.25, -0.2) is 0 Å². The summed E-state index contributed by atoms with van der Waals surface area (Å²) in [5.74, 6) is -0.347. The van der Waals surface area contributed by atoms with E-state index in [1.54, 1.807) is 0 Å². The molecule has 1 aliphatic rings. The minimum atomic E-state index is -4.51. The molecule has 0 unspecified atom stereocenters. The largest absolute Gasteiger partial charge is 0.417 e. The fourth-order valence-electron chi connectivity index (χ4n) is 1.73. The smallest absolute Gasteiger partial charge is 0.316 e. The summed E-state index contributed by atoms with van der Waals surface area (Å²) in [4.78, 5) is 15.3. The first-order valence-electron chi connectivity index (χ1n) is 5.23. The summed E-state index contributed by atoms with van der Waals surface area (Å²) < 4.78 is 37.9. The van der Waals surface area contributed by atoms with Crippen LogP contribution in [0.15, 0.2) is 18.5 Å². The highest BCUT2D eigenvalue weighted by Gasteiger charge is 2.35. The van der Waals surface area contributed by atoms with Crippen molar-refractivity contribution in [2.24, 2.45) is 5.92 Å². The second kappa shape index (κ2) is 4.44. The third kappa shape index (κ3) is 2.63. The number of hydrogen-bond acceptors (Lipinski definition) is 3. The lowest BCUT2D eigenvalue weighted by molar-refractivity contribution is -0.138. The van der Waals surface area contributed by atoms with Gasteiger partial charge in [0.15, 0.2) is 5.78 Å². The lowest BCUT2D eigenvalue weighted by atomic mass is 9.92. The second-order valence-electron chi connectivity index (χ2n) is 4.07. The Balaban J connectivity index is 2.21. The Morgan fingerprint density at radius 3 is 2.71 bits per heavy atom. The summed E-state index contributed by atoms with van der Waals surface area (Å²) in [6.45, 7) is 1.38. The quantitative estimate of drug-likeness (QED) is 0.825. The van der Waals surface area contributed by atoms with E-state index in [9.17, 15) is 18.0 Å². The van der Waals surface area contributed by atoms with E-state index in [4.69, 9.17) is 0 Å². The summed E-state index contributed by atoms with van der Waals surface area (Å²) in [6.07, 6.45) is -2.32. The lowest BCUT2D eigenvalue weighted by Gasteiger charge is -2.26. The molecule has 0 bridgehead atoms. The number of aromatic nitrogens is 1. The molecule has 2 rings (SSSR count). The molecule has 92 valence electrons. The molecule has 1 aliphatic heterocycles. The predicted molar refractivity (Wildman–Crippen MR) is 54.5 cm³/mol. The molecule has 1 aromatic heterocycles. The van der Waals surface area contributed by atoms with Crippen LogP contribution < -0.4 is 5.32 Å². The number of nitrogens with one attached hydrogen (secondary N) is 1. The van der Waals surface area contributed by atoms with Gasteiger partial charge >= 0.3 is 6.18 Å². The fourth-order valence-corrected chi connectivity index (χ4v) is 1.73. The Bertz CT molecular complexity index is 427. The van der Waals surface area contributed by atoms with Crippen molar-refractivity contribution in [3.8, 4) is 0 Å². The molecule has 1 saturated heterocycles. The van der Waals surface area contributed by atoms with Gasteiger partial charge in [0.05, 0.1) is 5.56 Å². The van der Waals surface area contributed by atoms with Crippen LogP contribution in [0, 0.1) is 5.92 Å². The third-order valence-electron chi connectivity index (χ3n) is 2.77. The monoisotopic (exact) mass is 244 g/mol. The molecule has 6 heteroatoms. The Morgan fingerprint density at radius 1 is 1.47 bits per heavy atom. The first-order valence-corrected chi connectivity index (χ1v) is 5.23. The molecular weight excluding hydrogens is 233 g/mol. The van der Waals surface area contributed by atoms with E-state index in [0.717, 1.165) is 18.5 Å². The normalized spacial score (nSPS) is 16.6. The maximum atomic E-state index is 12.6. The minimum absolute atomic E-state index is 0.141. The molecule has 1 fully saturated rings. The number of pyridine rings is 1. The molecule has 1 aromatic rings. The first-order chi connectivity index (χ1) is 7.98. The third-order valence-corrected chi connectivity index (χ3v) is 2.77. The molecule has 0 aromatic carbocycles. The molecular formula is C11H11F3N2O. The zero-order valence-corrected chi connectivity index (χ0v) is 8.92. The van der Waals surface area contributed by atoms with E-state index < -0.39 is 17.5 Å². The number of nitrogens with zero attached hydrogens (tertiary/aromatic N) is 1. The summed E-state index contributed by atoms with van der Waals surface area (Å²) >= 11 is 0. The number of rotatable bonds is 3. The SMILES string of the molecule is O=C(CC1CNC1)c1cnccc1C(F)(F)F. The van der Waals surface area contributed by atoms with E-state index in [2.05, 4.69) is 10.3 Å². The van der Waals surface area contributed by atoms with Crippen LogP contribution >= 0.6 is 0 Å².